The zero-order chi connectivity index (χ0) is 21.8. The molecule has 3 atom stereocenters. The van der Waals surface area contributed by atoms with E-state index in [1.807, 2.05) is 6.07 Å². The van der Waals surface area contributed by atoms with Gasteiger partial charge in [0.25, 0.3) is 5.69 Å². The van der Waals surface area contributed by atoms with Crippen molar-refractivity contribution >= 4 is 32.9 Å². The van der Waals surface area contributed by atoms with Gasteiger partial charge in [-0.2, -0.15) is 0 Å². The fourth-order valence-corrected chi connectivity index (χ4v) is 6.10. The van der Waals surface area contributed by atoms with Crippen LogP contribution in [0.4, 0.5) is 11.4 Å². The SMILES string of the molecule is Cc1ccc2nc(-c3ccc4c(c3)[C@@H]3C=CC[C@@H]3[C@H](c3cccc([N+](=O)[O-])c3)N4)sc2c1. The lowest BCUT2D eigenvalue weighted by molar-refractivity contribution is -0.384. The molecule has 4 aromatic rings. The van der Waals surface area contributed by atoms with Crippen molar-refractivity contribution in [3.8, 4) is 10.6 Å². The number of aryl methyl sites for hydroxylation is 1. The molecule has 1 aliphatic heterocycles. The predicted octanol–water partition coefficient (Wildman–Crippen LogP) is 7.01. The number of nitro groups is 1. The Morgan fingerprint density at radius 3 is 2.91 bits per heavy atom. The van der Waals surface area contributed by atoms with Crippen LogP contribution in [0.25, 0.3) is 20.8 Å². The van der Waals surface area contributed by atoms with Crippen molar-refractivity contribution in [1.82, 2.24) is 4.98 Å². The molecule has 0 bridgehead atoms. The van der Waals surface area contributed by atoms with Gasteiger partial charge in [-0.25, -0.2) is 4.98 Å². The zero-order valence-corrected chi connectivity index (χ0v) is 18.3. The third-order valence-electron chi connectivity index (χ3n) is 6.59. The van der Waals surface area contributed by atoms with E-state index in [0.717, 1.165) is 33.8 Å². The van der Waals surface area contributed by atoms with Crippen LogP contribution in [0, 0.1) is 23.0 Å². The maximum atomic E-state index is 11.3. The van der Waals surface area contributed by atoms with Gasteiger partial charge in [0.05, 0.1) is 21.2 Å². The number of aromatic nitrogens is 1. The number of nitrogens with zero attached hydrogens (tertiary/aromatic N) is 2. The Kier molecular flexibility index (Phi) is 4.36. The molecule has 1 aromatic heterocycles. The Hall–Kier alpha value is -3.51. The minimum Gasteiger partial charge on any atom is -0.378 e. The average molecular weight is 440 g/mol. The van der Waals surface area contributed by atoms with Gasteiger partial charge in [-0.05, 0) is 66.3 Å². The first-order valence-corrected chi connectivity index (χ1v) is 11.6. The third-order valence-corrected chi connectivity index (χ3v) is 7.66. The largest absolute Gasteiger partial charge is 0.378 e. The molecule has 6 heteroatoms. The number of nitro benzene ring substituents is 1. The van der Waals surface area contributed by atoms with Crippen molar-refractivity contribution in [2.45, 2.75) is 25.3 Å². The van der Waals surface area contributed by atoms with Crippen molar-refractivity contribution in [1.29, 1.82) is 0 Å². The summed E-state index contributed by atoms with van der Waals surface area (Å²) in [5.41, 5.74) is 6.89. The van der Waals surface area contributed by atoms with Gasteiger partial charge in [-0.3, -0.25) is 10.1 Å². The molecule has 2 heterocycles. The van der Waals surface area contributed by atoms with Gasteiger partial charge in [0.15, 0.2) is 0 Å². The van der Waals surface area contributed by atoms with Gasteiger partial charge in [0, 0.05) is 29.3 Å². The Morgan fingerprint density at radius 1 is 1.12 bits per heavy atom. The average Bonchev–Trinajstić information content (AvgIpc) is 3.45. The molecular weight excluding hydrogens is 418 g/mol. The highest BCUT2D eigenvalue weighted by Gasteiger charge is 2.38. The van der Waals surface area contributed by atoms with Crippen LogP contribution in [0.5, 0.6) is 0 Å². The van der Waals surface area contributed by atoms with Gasteiger partial charge in [0.2, 0.25) is 0 Å². The Morgan fingerprint density at radius 2 is 2.03 bits per heavy atom. The molecule has 1 aliphatic carbocycles. The standard InChI is InChI=1S/C26H21N3O2S/c1-15-8-10-23-24(12-15)32-26(28-23)17-9-11-22-21(14-17)19-6-3-7-20(19)25(27-22)16-4-2-5-18(13-16)29(30)31/h2-6,8-14,19-20,25,27H,7H2,1H3/t19-,20+,25+/m1/s1. The number of non-ortho nitro benzene ring substituents is 1. The van der Waals surface area contributed by atoms with Crippen molar-refractivity contribution in [3.63, 3.8) is 0 Å². The number of hydrogen-bond acceptors (Lipinski definition) is 5. The molecule has 0 saturated carbocycles. The fraction of sp³-hybridized carbons (Fsp3) is 0.192. The van der Waals surface area contributed by atoms with E-state index in [0.29, 0.717) is 5.92 Å². The lowest BCUT2D eigenvalue weighted by Crippen LogP contribution is -2.29. The number of rotatable bonds is 3. The number of hydrogen-bond donors (Lipinski definition) is 1. The number of fused-ring (bicyclic) bond motifs is 4. The second kappa shape index (κ2) is 7.28. The molecule has 158 valence electrons. The third kappa shape index (κ3) is 3.10. The van der Waals surface area contributed by atoms with Crippen molar-refractivity contribution in [2.24, 2.45) is 5.92 Å². The summed E-state index contributed by atoms with van der Waals surface area (Å²) in [7, 11) is 0. The minimum atomic E-state index is -0.323. The lowest BCUT2D eigenvalue weighted by Gasteiger charge is -2.37. The molecule has 2 aliphatic rings. The number of benzene rings is 3. The van der Waals surface area contributed by atoms with E-state index in [1.165, 1.54) is 15.8 Å². The maximum Gasteiger partial charge on any atom is 0.269 e. The second-order valence-electron chi connectivity index (χ2n) is 8.62. The summed E-state index contributed by atoms with van der Waals surface area (Å²) < 4.78 is 1.21. The lowest BCUT2D eigenvalue weighted by atomic mass is 9.76. The molecule has 0 fully saturated rings. The molecule has 6 rings (SSSR count). The second-order valence-corrected chi connectivity index (χ2v) is 9.65. The molecule has 0 spiro atoms. The smallest absolute Gasteiger partial charge is 0.269 e. The van der Waals surface area contributed by atoms with Crippen LogP contribution in [0.1, 0.15) is 35.1 Å². The summed E-state index contributed by atoms with van der Waals surface area (Å²) in [5, 5.41) is 16.0. The topological polar surface area (TPSA) is 68.1 Å². The Bertz CT molecular complexity index is 1410. The van der Waals surface area contributed by atoms with Crippen LogP contribution < -0.4 is 5.32 Å². The quantitative estimate of drug-likeness (QED) is 0.212. The van der Waals surface area contributed by atoms with E-state index in [-0.39, 0.29) is 22.6 Å². The Labute approximate surface area is 189 Å². The minimum absolute atomic E-state index is 0.0404. The molecule has 0 amide bonds. The monoisotopic (exact) mass is 439 g/mol. The number of thiazole rings is 1. The van der Waals surface area contributed by atoms with Crippen LogP contribution in [0.2, 0.25) is 0 Å². The van der Waals surface area contributed by atoms with Crippen LogP contribution in [-0.2, 0) is 0 Å². The van der Waals surface area contributed by atoms with Gasteiger partial charge in [-0.15, -0.1) is 11.3 Å². The predicted molar refractivity (Wildman–Crippen MR) is 129 cm³/mol. The highest BCUT2D eigenvalue weighted by Crippen LogP contribution is 2.51. The first-order valence-electron chi connectivity index (χ1n) is 10.8. The first-order chi connectivity index (χ1) is 15.6. The van der Waals surface area contributed by atoms with Gasteiger partial charge >= 0.3 is 0 Å². The van der Waals surface area contributed by atoms with Crippen molar-refractivity contribution in [2.75, 3.05) is 5.32 Å². The highest BCUT2D eigenvalue weighted by molar-refractivity contribution is 7.21. The number of allylic oxidation sites excluding steroid dienone is 2. The summed E-state index contributed by atoms with van der Waals surface area (Å²) in [6.07, 6.45) is 5.49. The van der Waals surface area contributed by atoms with E-state index >= 15 is 0 Å². The van der Waals surface area contributed by atoms with Gasteiger partial charge < -0.3 is 5.32 Å². The molecule has 0 saturated heterocycles. The first kappa shape index (κ1) is 19.2. The van der Waals surface area contributed by atoms with Gasteiger partial charge in [0.1, 0.15) is 5.01 Å². The summed E-state index contributed by atoms with van der Waals surface area (Å²) in [6, 6.07) is 20.0. The fourth-order valence-electron chi connectivity index (χ4n) is 5.04. The summed E-state index contributed by atoms with van der Waals surface area (Å²) >= 11 is 1.73. The maximum absolute atomic E-state index is 11.3. The van der Waals surface area contributed by atoms with Crippen molar-refractivity contribution < 1.29 is 4.92 Å². The number of anilines is 1. The Balaban J connectivity index is 1.40. The summed E-state index contributed by atoms with van der Waals surface area (Å²) in [6.45, 7) is 2.10. The number of nitrogens with one attached hydrogen (secondary N) is 1. The van der Waals surface area contributed by atoms with Gasteiger partial charge in [-0.1, -0.05) is 30.4 Å². The van der Waals surface area contributed by atoms with Crippen LogP contribution >= 0.6 is 11.3 Å². The molecule has 0 radical (unpaired) electrons. The molecular formula is C26H21N3O2S. The van der Waals surface area contributed by atoms with E-state index in [9.17, 15) is 10.1 Å². The molecule has 0 unspecified atom stereocenters. The molecule has 5 nitrogen and oxygen atoms in total. The van der Waals surface area contributed by atoms with E-state index in [2.05, 4.69) is 60.8 Å². The van der Waals surface area contributed by atoms with E-state index < -0.39 is 0 Å². The summed E-state index contributed by atoms with van der Waals surface area (Å²) in [5.74, 6) is 0.616. The van der Waals surface area contributed by atoms with E-state index in [1.54, 1.807) is 29.5 Å². The van der Waals surface area contributed by atoms with Crippen LogP contribution in [0.3, 0.4) is 0 Å². The highest BCUT2D eigenvalue weighted by atomic mass is 32.1. The summed E-state index contributed by atoms with van der Waals surface area (Å²) in [4.78, 5) is 15.8. The molecule has 1 N–H and O–H groups in total. The molecule has 3 aromatic carbocycles. The van der Waals surface area contributed by atoms with E-state index in [4.69, 9.17) is 4.98 Å². The van der Waals surface area contributed by atoms with Crippen molar-refractivity contribution in [3.05, 3.63) is 99.6 Å². The molecule has 32 heavy (non-hydrogen) atoms. The normalized spacial score (nSPS) is 21.2. The van der Waals surface area contributed by atoms with Crippen LogP contribution in [-0.4, -0.2) is 9.91 Å². The zero-order valence-electron chi connectivity index (χ0n) is 17.5. The van der Waals surface area contributed by atoms with Crippen LogP contribution in [0.15, 0.2) is 72.8 Å².